The van der Waals surface area contributed by atoms with E-state index in [0.29, 0.717) is 13.0 Å². The number of unbranched alkanes of at least 4 members (excludes halogenated alkanes) is 3. The number of aromatic nitrogens is 1. The van der Waals surface area contributed by atoms with Gasteiger partial charge >= 0.3 is 0 Å². The van der Waals surface area contributed by atoms with Gasteiger partial charge in [0.05, 0.1) is 0 Å². The maximum atomic E-state index is 12.4. The maximum absolute atomic E-state index is 12.4. The largest absolute Gasteiger partial charge is 0.361 e. The molecule has 0 saturated heterocycles. The third-order valence-corrected chi connectivity index (χ3v) is 4.12. The zero-order chi connectivity index (χ0) is 17.4. The highest BCUT2D eigenvalue weighted by atomic mass is 16.2. The molecule has 0 aliphatic heterocycles. The maximum Gasteiger partial charge on any atom is 0.242 e. The average Bonchev–Trinajstić information content (AvgIpc) is 2.97. The van der Waals surface area contributed by atoms with Crippen LogP contribution in [0.5, 0.6) is 0 Å². The molecular weight excluding hydrogens is 302 g/mol. The lowest BCUT2D eigenvalue weighted by Gasteiger charge is -2.17. The lowest BCUT2D eigenvalue weighted by molar-refractivity contribution is -0.128. The first-order valence-corrected chi connectivity index (χ1v) is 8.71. The molecule has 2 amide bonds. The van der Waals surface area contributed by atoms with Gasteiger partial charge in [-0.1, -0.05) is 44.4 Å². The highest BCUT2D eigenvalue weighted by Crippen LogP contribution is 2.19. The van der Waals surface area contributed by atoms with Crippen molar-refractivity contribution in [3.05, 3.63) is 36.0 Å². The van der Waals surface area contributed by atoms with Crippen molar-refractivity contribution < 1.29 is 9.59 Å². The highest BCUT2D eigenvalue weighted by molar-refractivity contribution is 5.89. The summed E-state index contributed by atoms with van der Waals surface area (Å²) in [5.74, 6) is -0.312. The number of nitrogens with one attached hydrogen (secondary N) is 3. The molecule has 0 saturated carbocycles. The molecule has 5 heteroatoms. The fourth-order valence-electron chi connectivity index (χ4n) is 2.86. The van der Waals surface area contributed by atoms with Crippen molar-refractivity contribution in [2.75, 3.05) is 6.54 Å². The molecule has 1 aromatic heterocycles. The minimum absolute atomic E-state index is 0.119. The SMILES string of the molecule is CCCCCCNC(=O)[C@H](Cc1c[nH]c2ccccc12)NC(C)=O. The lowest BCUT2D eigenvalue weighted by Crippen LogP contribution is -2.47. The molecule has 2 aromatic rings. The van der Waals surface area contributed by atoms with E-state index in [4.69, 9.17) is 0 Å². The number of aromatic amines is 1. The van der Waals surface area contributed by atoms with Crippen LogP contribution < -0.4 is 10.6 Å². The summed E-state index contributed by atoms with van der Waals surface area (Å²) < 4.78 is 0. The Morgan fingerprint density at radius 2 is 1.96 bits per heavy atom. The number of para-hydroxylation sites is 1. The Balaban J connectivity index is 1.99. The minimum Gasteiger partial charge on any atom is -0.361 e. The molecule has 2 rings (SSSR count). The summed E-state index contributed by atoms with van der Waals surface area (Å²) in [7, 11) is 0. The van der Waals surface area contributed by atoms with Crippen LogP contribution in [0.25, 0.3) is 10.9 Å². The van der Waals surface area contributed by atoms with Crippen molar-refractivity contribution in [3.63, 3.8) is 0 Å². The summed E-state index contributed by atoms with van der Waals surface area (Å²) in [4.78, 5) is 27.1. The van der Waals surface area contributed by atoms with Gasteiger partial charge in [0.15, 0.2) is 0 Å². The fourth-order valence-corrected chi connectivity index (χ4v) is 2.86. The van der Waals surface area contributed by atoms with E-state index in [2.05, 4.69) is 22.5 Å². The van der Waals surface area contributed by atoms with Crippen LogP contribution in [0.2, 0.25) is 0 Å². The second-order valence-electron chi connectivity index (χ2n) is 6.17. The molecule has 0 radical (unpaired) electrons. The molecule has 0 bridgehead atoms. The van der Waals surface area contributed by atoms with Crippen LogP contribution in [0.4, 0.5) is 0 Å². The zero-order valence-corrected chi connectivity index (χ0v) is 14.5. The van der Waals surface area contributed by atoms with E-state index in [-0.39, 0.29) is 11.8 Å². The first kappa shape index (κ1) is 18.0. The Morgan fingerprint density at radius 3 is 2.71 bits per heavy atom. The smallest absolute Gasteiger partial charge is 0.242 e. The molecule has 130 valence electrons. The Kier molecular flexibility index (Phi) is 6.85. The first-order chi connectivity index (χ1) is 11.6. The quantitative estimate of drug-likeness (QED) is 0.619. The number of rotatable bonds is 9. The second-order valence-corrected chi connectivity index (χ2v) is 6.17. The van der Waals surface area contributed by atoms with E-state index in [1.54, 1.807) is 0 Å². The lowest BCUT2D eigenvalue weighted by atomic mass is 10.0. The number of carbonyl (C=O) groups is 2. The van der Waals surface area contributed by atoms with Gasteiger partial charge in [-0.25, -0.2) is 0 Å². The molecule has 0 spiro atoms. The van der Waals surface area contributed by atoms with Crippen LogP contribution in [0.3, 0.4) is 0 Å². The van der Waals surface area contributed by atoms with Gasteiger partial charge in [-0.2, -0.15) is 0 Å². The van der Waals surface area contributed by atoms with Gasteiger partial charge in [-0.15, -0.1) is 0 Å². The number of H-pyrrole nitrogens is 1. The fraction of sp³-hybridized carbons (Fsp3) is 0.474. The van der Waals surface area contributed by atoms with Crippen molar-refractivity contribution >= 4 is 22.7 Å². The van der Waals surface area contributed by atoms with Gasteiger partial charge in [0.2, 0.25) is 11.8 Å². The number of carbonyl (C=O) groups excluding carboxylic acids is 2. The number of hydrogen-bond acceptors (Lipinski definition) is 2. The Labute approximate surface area is 143 Å². The molecule has 1 aromatic carbocycles. The summed E-state index contributed by atoms with van der Waals surface area (Å²) in [6.45, 7) is 4.26. The summed E-state index contributed by atoms with van der Waals surface area (Å²) in [6, 6.07) is 7.42. The molecule has 1 heterocycles. The zero-order valence-electron chi connectivity index (χ0n) is 14.5. The Bertz CT molecular complexity index is 678. The summed E-state index contributed by atoms with van der Waals surface area (Å²) in [5, 5.41) is 6.80. The molecule has 0 aliphatic carbocycles. The summed E-state index contributed by atoms with van der Waals surface area (Å²) in [6.07, 6.45) is 6.82. The molecule has 24 heavy (non-hydrogen) atoms. The van der Waals surface area contributed by atoms with Gasteiger partial charge in [0.1, 0.15) is 6.04 Å². The first-order valence-electron chi connectivity index (χ1n) is 8.71. The summed E-state index contributed by atoms with van der Waals surface area (Å²) >= 11 is 0. The van der Waals surface area contributed by atoms with Crippen molar-refractivity contribution in [1.29, 1.82) is 0 Å². The molecule has 0 unspecified atom stereocenters. The molecule has 1 atom stereocenters. The predicted molar refractivity (Wildman–Crippen MR) is 96.8 cm³/mol. The van der Waals surface area contributed by atoms with E-state index in [1.165, 1.54) is 19.8 Å². The van der Waals surface area contributed by atoms with Gasteiger partial charge in [0, 0.05) is 37.0 Å². The average molecular weight is 329 g/mol. The minimum atomic E-state index is -0.548. The van der Waals surface area contributed by atoms with Gasteiger partial charge in [-0.05, 0) is 18.1 Å². The van der Waals surface area contributed by atoms with Crippen molar-refractivity contribution in [1.82, 2.24) is 15.6 Å². The molecule has 3 N–H and O–H groups in total. The third-order valence-electron chi connectivity index (χ3n) is 4.12. The summed E-state index contributed by atoms with van der Waals surface area (Å²) in [5.41, 5.74) is 2.07. The van der Waals surface area contributed by atoms with Crippen LogP contribution in [0.1, 0.15) is 45.1 Å². The number of hydrogen-bond donors (Lipinski definition) is 3. The molecule has 0 fully saturated rings. The van der Waals surface area contributed by atoms with Gasteiger partial charge in [-0.3, -0.25) is 9.59 Å². The molecule has 5 nitrogen and oxygen atoms in total. The van der Waals surface area contributed by atoms with Crippen LogP contribution in [0, 0.1) is 0 Å². The van der Waals surface area contributed by atoms with E-state index in [1.807, 2.05) is 30.5 Å². The predicted octanol–water partition coefficient (Wildman–Crippen LogP) is 2.91. The molecule has 0 aliphatic rings. The van der Waals surface area contributed by atoms with E-state index in [9.17, 15) is 9.59 Å². The number of benzene rings is 1. The standard InChI is InChI=1S/C19H27N3O2/c1-3-4-5-8-11-20-19(24)18(22-14(2)23)12-15-13-21-17-10-7-6-9-16(15)17/h6-7,9-10,13,18,21H,3-5,8,11-12H2,1-2H3,(H,20,24)(H,22,23)/t18-/m0/s1. The monoisotopic (exact) mass is 329 g/mol. The van der Waals surface area contributed by atoms with Crippen molar-refractivity contribution in [2.45, 2.75) is 52.0 Å². The molecular formula is C19H27N3O2. The van der Waals surface area contributed by atoms with Crippen LogP contribution in [-0.2, 0) is 16.0 Å². The Morgan fingerprint density at radius 1 is 1.17 bits per heavy atom. The second kappa shape index (κ2) is 9.11. The third kappa shape index (κ3) is 5.11. The highest BCUT2D eigenvalue weighted by Gasteiger charge is 2.21. The number of fused-ring (bicyclic) bond motifs is 1. The van der Waals surface area contributed by atoms with E-state index < -0.39 is 6.04 Å². The van der Waals surface area contributed by atoms with Crippen LogP contribution in [-0.4, -0.2) is 29.4 Å². The van der Waals surface area contributed by atoms with Gasteiger partial charge in [0.25, 0.3) is 0 Å². The van der Waals surface area contributed by atoms with Gasteiger partial charge < -0.3 is 15.6 Å². The number of amides is 2. The van der Waals surface area contributed by atoms with E-state index >= 15 is 0 Å². The van der Waals surface area contributed by atoms with Crippen LogP contribution >= 0.6 is 0 Å². The normalized spacial score (nSPS) is 12.1. The van der Waals surface area contributed by atoms with Crippen molar-refractivity contribution in [3.8, 4) is 0 Å². The topological polar surface area (TPSA) is 74.0 Å². The van der Waals surface area contributed by atoms with Crippen molar-refractivity contribution in [2.24, 2.45) is 0 Å². The van der Waals surface area contributed by atoms with Crippen LogP contribution in [0.15, 0.2) is 30.5 Å². The Hall–Kier alpha value is -2.30. The van der Waals surface area contributed by atoms with E-state index in [0.717, 1.165) is 29.3 Å².